The molecule has 9 aromatic carbocycles. The van der Waals surface area contributed by atoms with Gasteiger partial charge in [-0.25, -0.2) is 0 Å². The summed E-state index contributed by atoms with van der Waals surface area (Å²) in [6.45, 7) is 19.0. The fourth-order valence-corrected chi connectivity index (χ4v) is 12.9. The minimum atomic E-state index is -0.625. The fourth-order valence-electron chi connectivity index (χ4n) is 11.6. The van der Waals surface area contributed by atoms with Crippen LogP contribution in [0.1, 0.15) is 99.9 Å². The van der Waals surface area contributed by atoms with E-state index in [4.69, 9.17) is 0 Å². The topological polar surface area (TPSA) is 3.24 Å². The second-order valence-electron chi connectivity index (χ2n) is 21.7. The summed E-state index contributed by atoms with van der Waals surface area (Å²) in [4.78, 5) is 2.62. The maximum absolute atomic E-state index is 2.62. The zero-order chi connectivity index (χ0) is 46.7. The van der Waals surface area contributed by atoms with Crippen LogP contribution in [-0.4, -0.2) is 0 Å². The number of hydrogen-bond acceptors (Lipinski definition) is 2. The van der Waals surface area contributed by atoms with Crippen molar-refractivity contribution >= 4 is 48.6 Å². The lowest BCUT2D eigenvalue weighted by Crippen LogP contribution is -2.32. The lowest BCUT2D eigenvalue weighted by molar-refractivity contribution is 0.586. The number of thiophene rings is 1. The highest BCUT2D eigenvalue weighted by Gasteiger charge is 2.49. The van der Waals surface area contributed by atoms with Crippen LogP contribution in [-0.2, 0) is 21.7 Å². The number of fused-ring (bicyclic) bond motifs is 8. The summed E-state index contributed by atoms with van der Waals surface area (Å²) in [5.41, 5.74) is 20.7. The van der Waals surface area contributed by atoms with Crippen LogP contribution in [0.3, 0.4) is 0 Å². The first-order chi connectivity index (χ1) is 32.7. The summed E-state index contributed by atoms with van der Waals surface area (Å²) < 4.78 is 2.67. The molecule has 0 N–H and O–H groups in total. The summed E-state index contributed by atoms with van der Waals surface area (Å²) in [5, 5.41) is 2.65. The maximum Gasteiger partial charge on any atom is 0.0714 e. The summed E-state index contributed by atoms with van der Waals surface area (Å²) in [5.74, 6) is 0. The molecule has 1 atom stereocenters. The van der Waals surface area contributed by atoms with Crippen LogP contribution in [0.2, 0.25) is 0 Å². The van der Waals surface area contributed by atoms with E-state index in [0.717, 1.165) is 0 Å². The molecule has 2 heterocycles. The van der Waals surface area contributed by atoms with Crippen molar-refractivity contribution in [1.82, 2.24) is 0 Å². The Morgan fingerprint density at radius 2 is 1.01 bits per heavy atom. The molecule has 1 aliphatic carbocycles. The second-order valence-corrected chi connectivity index (χ2v) is 22.8. The number of rotatable bonds is 5. The van der Waals surface area contributed by atoms with Crippen LogP contribution in [0.4, 0.5) is 17.1 Å². The van der Waals surface area contributed by atoms with E-state index in [9.17, 15) is 0 Å². The lowest BCUT2D eigenvalue weighted by Gasteiger charge is -2.43. The number of benzene rings is 9. The molecule has 0 spiro atoms. The van der Waals surface area contributed by atoms with Gasteiger partial charge in [-0.15, -0.1) is 11.3 Å². The van der Waals surface area contributed by atoms with E-state index in [1.165, 1.54) is 115 Å². The summed E-state index contributed by atoms with van der Waals surface area (Å²) in [6, 6.07) is 76.4. The molecular weight excluding hydrogens is 839 g/mol. The quantitative estimate of drug-likeness (QED) is 0.166. The van der Waals surface area contributed by atoms with Gasteiger partial charge >= 0.3 is 0 Å². The molecule has 12 rings (SSSR count). The number of hydrogen-bond donors (Lipinski definition) is 0. The Kier molecular flexibility index (Phi) is 9.50. The van der Waals surface area contributed by atoms with Crippen molar-refractivity contribution < 1.29 is 0 Å². The Morgan fingerprint density at radius 1 is 0.397 bits per heavy atom. The Hall–Kier alpha value is -7.00. The van der Waals surface area contributed by atoms with Gasteiger partial charge in [-0.1, -0.05) is 225 Å². The molecule has 2 aliphatic rings. The van der Waals surface area contributed by atoms with Crippen LogP contribution in [0.5, 0.6) is 0 Å². The SMILES string of the molecule is CC(C)(C)c1ccc2c(c1)C(c1ccccc1)(c1ccc(-c3cccc4c3sc3ccccc34)cc1)c1cc(C(C)(C)C)cc(N3c4ccccc4C(C)(C)c4cc(-c5ccccc5)ccc43)c1-2. The highest BCUT2D eigenvalue weighted by molar-refractivity contribution is 7.26. The molecular formula is C66H57NS. The monoisotopic (exact) mass is 895 g/mol. The molecule has 0 saturated heterocycles. The van der Waals surface area contributed by atoms with Crippen molar-refractivity contribution in [3.63, 3.8) is 0 Å². The molecule has 332 valence electrons. The van der Waals surface area contributed by atoms with E-state index in [2.05, 4.69) is 260 Å². The third kappa shape index (κ3) is 6.34. The molecule has 68 heavy (non-hydrogen) atoms. The van der Waals surface area contributed by atoms with E-state index in [1.54, 1.807) is 0 Å². The first-order valence-corrected chi connectivity index (χ1v) is 25.1. The first kappa shape index (κ1) is 42.4. The van der Waals surface area contributed by atoms with Gasteiger partial charge in [-0.2, -0.15) is 0 Å². The molecule has 1 unspecified atom stereocenters. The predicted octanol–water partition coefficient (Wildman–Crippen LogP) is 18.5. The average Bonchev–Trinajstić information content (AvgIpc) is 3.88. The van der Waals surface area contributed by atoms with E-state index in [-0.39, 0.29) is 16.2 Å². The van der Waals surface area contributed by atoms with Gasteiger partial charge in [-0.05, 0) is 113 Å². The van der Waals surface area contributed by atoms with Gasteiger partial charge in [0.1, 0.15) is 0 Å². The molecule has 10 aromatic rings. The van der Waals surface area contributed by atoms with Crippen LogP contribution in [0.15, 0.2) is 200 Å². The lowest BCUT2D eigenvalue weighted by atomic mass is 9.66. The third-order valence-electron chi connectivity index (χ3n) is 15.3. The Bertz CT molecular complexity index is 3600. The third-order valence-corrected chi connectivity index (χ3v) is 16.5. The van der Waals surface area contributed by atoms with Crippen molar-refractivity contribution in [3.05, 3.63) is 245 Å². The largest absolute Gasteiger partial charge is 0.309 e. The Balaban J connectivity index is 1.17. The second kappa shape index (κ2) is 15.3. The molecule has 0 fully saturated rings. The summed E-state index contributed by atoms with van der Waals surface area (Å²) >= 11 is 1.90. The van der Waals surface area contributed by atoms with Gasteiger partial charge in [0.25, 0.3) is 0 Å². The van der Waals surface area contributed by atoms with Gasteiger partial charge in [0.2, 0.25) is 0 Å². The van der Waals surface area contributed by atoms with Crippen LogP contribution in [0, 0.1) is 0 Å². The van der Waals surface area contributed by atoms with Crippen LogP contribution in [0.25, 0.3) is 53.6 Å². The summed E-state index contributed by atoms with van der Waals surface area (Å²) in [6.07, 6.45) is 0. The molecule has 1 aliphatic heterocycles. The zero-order valence-corrected chi connectivity index (χ0v) is 41.2. The van der Waals surface area contributed by atoms with Gasteiger partial charge in [0.15, 0.2) is 0 Å². The standard InChI is InChI=1S/C66H57NS/c1-63(2,3)47-35-36-52-54(39-47)66(45-22-13-10-14-23-45,46-33-30-43(31-34-46)49-25-19-26-51-50-24-15-18-29-60(50)68-62(49)51)56-40-48(64(4,5)6)41-59(61(52)56)67-57-28-17-16-27-53(57)65(7,8)55-38-44(32-37-58(55)67)42-20-11-9-12-21-42/h9-41H,1-8H3. The van der Waals surface area contributed by atoms with Crippen molar-refractivity contribution in [2.24, 2.45) is 0 Å². The van der Waals surface area contributed by atoms with Crippen LogP contribution < -0.4 is 4.90 Å². The van der Waals surface area contributed by atoms with E-state index >= 15 is 0 Å². The van der Waals surface area contributed by atoms with Gasteiger partial charge in [-0.3, -0.25) is 0 Å². The smallest absolute Gasteiger partial charge is 0.0714 e. The molecule has 0 amide bonds. The van der Waals surface area contributed by atoms with Gasteiger partial charge in [0, 0.05) is 31.2 Å². The van der Waals surface area contributed by atoms with E-state index in [0.29, 0.717) is 0 Å². The minimum absolute atomic E-state index is 0.0643. The fraction of sp³-hybridized carbons (Fsp3) is 0.182. The zero-order valence-electron chi connectivity index (χ0n) is 40.4. The Labute approximate surface area is 406 Å². The van der Waals surface area contributed by atoms with Crippen molar-refractivity contribution in [2.45, 2.75) is 77.0 Å². The minimum Gasteiger partial charge on any atom is -0.309 e. The molecule has 1 aromatic heterocycles. The van der Waals surface area contributed by atoms with Crippen molar-refractivity contribution in [1.29, 1.82) is 0 Å². The summed E-state index contributed by atoms with van der Waals surface area (Å²) in [7, 11) is 0. The number of anilines is 3. The predicted molar refractivity (Wildman–Crippen MR) is 292 cm³/mol. The van der Waals surface area contributed by atoms with E-state index in [1.807, 2.05) is 11.3 Å². The van der Waals surface area contributed by atoms with Gasteiger partial charge in [0.05, 0.1) is 22.5 Å². The maximum atomic E-state index is 2.62. The molecule has 0 bridgehead atoms. The molecule has 0 radical (unpaired) electrons. The van der Waals surface area contributed by atoms with E-state index < -0.39 is 5.41 Å². The number of nitrogens with zero attached hydrogens (tertiary/aromatic N) is 1. The highest BCUT2D eigenvalue weighted by Crippen LogP contribution is 2.63. The molecule has 0 saturated carbocycles. The highest BCUT2D eigenvalue weighted by atomic mass is 32.1. The van der Waals surface area contributed by atoms with Crippen molar-refractivity contribution in [2.75, 3.05) is 4.90 Å². The van der Waals surface area contributed by atoms with Crippen molar-refractivity contribution in [3.8, 4) is 33.4 Å². The Morgan fingerprint density at radius 3 is 1.76 bits per heavy atom. The first-order valence-electron chi connectivity index (χ1n) is 24.3. The molecule has 2 heteroatoms. The average molecular weight is 896 g/mol. The van der Waals surface area contributed by atoms with Crippen LogP contribution >= 0.6 is 11.3 Å². The van der Waals surface area contributed by atoms with Gasteiger partial charge < -0.3 is 4.90 Å². The normalized spacial score (nSPS) is 16.1. The molecule has 1 nitrogen and oxygen atoms in total. The number of para-hydroxylation sites is 1.